The molecule has 0 saturated carbocycles. The van der Waals surface area contributed by atoms with Crippen molar-refractivity contribution < 1.29 is 43.1 Å². The molecule has 1 aliphatic heterocycles. The molecule has 1 aliphatic rings. The molecule has 0 aromatic carbocycles. The Morgan fingerprint density at radius 3 is 1.90 bits per heavy atom. The first-order valence-corrected chi connectivity index (χ1v) is 13.9. The number of aliphatic hydroxyl groups is 3. The van der Waals surface area contributed by atoms with Crippen molar-refractivity contribution in [3.63, 3.8) is 0 Å². The zero-order valence-electron chi connectivity index (χ0n) is 18.9. The third kappa shape index (κ3) is 5.78. The van der Waals surface area contributed by atoms with E-state index in [9.17, 15) is 29.3 Å². The molecule has 176 valence electrons. The second-order valence-electron chi connectivity index (χ2n) is 8.78. The van der Waals surface area contributed by atoms with Crippen LogP contribution >= 0.6 is 15.0 Å². The molecular weight excluding hydrogens is 433 g/mol. The minimum atomic E-state index is -4.57. The van der Waals surface area contributed by atoms with Gasteiger partial charge in [-0.1, -0.05) is 20.8 Å². The topological polar surface area (TPSA) is 143 Å². The number of aliphatic hydroxyl groups excluding tert-OH is 2. The van der Waals surface area contributed by atoms with Crippen molar-refractivity contribution in [3.05, 3.63) is 0 Å². The third-order valence-electron chi connectivity index (χ3n) is 6.29. The Morgan fingerprint density at radius 1 is 1.00 bits per heavy atom. The largest absolute Gasteiger partial charge is 0.388 e. The predicted molar refractivity (Wildman–Crippen MR) is 115 cm³/mol. The van der Waals surface area contributed by atoms with E-state index < -0.39 is 55.6 Å². The van der Waals surface area contributed by atoms with Crippen molar-refractivity contribution in [2.45, 2.75) is 108 Å². The minimum Gasteiger partial charge on any atom is -0.388 e. The number of rotatable bonds is 11. The van der Waals surface area contributed by atoms with Gasteiger partial charge in [-0.15, -0.1) is 0 Å². The predicted octanol–water partition coefficient (Wildman–Crippen LogP) is 2.53. The Morgan fingerprint density at radius 2 is 1.53 bits per heavy atom. The lowest BCUT2D eigenvalue weighted by Crippen LogP contribution is -2.41. The molecule has 1 heterocycles. The normalized spacial score (nSPS) is 34.9. The van der Waals surface area contributed by atoms with Gasteiger partial charge in [0.05, 0.1) is 17.8 Å². The fourth-order valence-corrected chi connectivity index (χ4v) is 7.12. The third-order valence-corrected chi connectivity index (χ3v) is 11.5. The van der Waals surface area contributed by atoms with Crippen LogP contribution in [0.2, 0.25) is 0 Å². The van der Waals surface area contributed by atoms with Crippen LogP contribution in [0.4, 0.5) is 0 Å². The lowest BCUT2D eigenvalue weighted by molar-refractivity contribution is -0.0374. The van der Waals surface area contributed by atoms with Gasteiger partial charge in [0.1, 0.15) is 14.0 Å². The van der Waals surface area contributed by atoms with Crippen LogP contribution in [0.25, 0.3) is 0 Å². The van der Waals surface area contributed by atoms with Crippen LogP contribution < -0.4 is 0 Å². The summed E-state index contributed by atoms with van der Waals surface area (Å²) in [6.07, 6.45) is -2.82. The fraction of sp³-hybridized carbons (Fsp3) is 1.00. The Bertz CT molecular complexity index is 691. The smallest absolute Gasteiger partial charge is 0.360 e. The highest BCUT2D eigenvalue weighted by Gasteiger charge is 2.54. The standard InChI is InChI=1S/C18H37BO9P2/c1-8-16(4,11-12-13(20)14(21)15(19)26-12)27-29(7,23)18(6,10-3)28-30(24,25)17(5,22)9-2/h12-15,20-22H,8-11H2,1-7H3,(H,24,25)/t12-,13-,14-,15-,16-,17?,18?,29?/m1/s1. The lowest BCUT2D eigenvalue weighted by Gasteiger charge is -2.43. The maximum atomic E-state index is 13.7. The summed E-state index contributed by atoms with van der Waals surface area (Å²) < 4.78 is 43.3. The molecule has 30 heavy (non-hydrogen) atoms. The van der Waals surface area contributed by atoms with Crippen molar-refractivity contribution >= 4 is 22.8 Å². The van der Waals surface area contributed by atoms with Crippen molar-refractivity contribution in [2.75, 3.05) is 6.66 Å². The van der Waals surface area contributed by atoms with E-state index in [1.165, 1.54) is 27.4 Å². The SMILES string of the molecule is [B][C@@H]1O[C@H](C[C@@](C)(CC)OP(C)(=O)C(C)(CC)OP(=O)(O)C(C)(O)CC)[C@@H](O)[C@H]1O. The van der Waals surface area contributed by atoms with Gasteiger partial charge in [-0.2, -0.15) is 0 Å². The van der Waals surface area contributed by atoms with E-state index in [1.54, 1.807) is 20.8 Å². The molecule has 0 spiro atoms. The van der Waals surface area contributed by atoms with Crippen LogP contribution in [0.3, 0.4) is 0 Å². The highest BCUT2D eigenvalue weighted by molar-refractivity contribution is 7.61. The van der Waals surface area contributed by atoms with Crippen LogP contribution in [0.1, 0.15) is 67.2 Å². The van der Waals surface area contributed by atoms with Crippen LogP contribution in [-0.4, -0.2) is 75.3 Å². The van der Waals surface area contributed by atoms with Crippen LogP contribution in [-0.2, 0) is 22.9 Å². The van der Waals surface area contributed by atoms with Gasteiger partial charge in [-0.25, -0.2) is 0 Å². The van der Waals surface area contributed by atoms with Gasteiger partial charge in [-0.3, -0.25) is 13.7 Å². The number of ether oxygens (including phenoxy) is 1. The van der Waals surface area contributed by atoms with Gasteiger partial charge < -0.3 is 29.5 Å². The molecule has 9 atom stereocenters. The molecule has 1 rings (SSSR count). The maximum absolute atomic E-state index is 13.7. The Labute approximate surface area is 180 Å². The lowest BCUT2D eigenvalue weighted by atomic mass is 9.90. The second-order valence-corrected chi connectivity index (χ2v) is 13.8. The molecule has 2 radical (unpaired) electrons. The van der Waals surface area contributed by atoms with Crippen molar-refractivity contribution in [3.8, 4) is 0 Å². The van der Waals surface area contributed by atoms with E-state index in [4.69, 9.17) is 21.6 Å². The molecular formula is C18H37BO9P2. The molecule has 9 nitrogen and oxygen atoms in total. The molecule has 0 aromatic rings. The van der Waals surface area contributed by atoms with Crippen LogP contribution in [0.5, 0.6) is 0 Å². The average molecular weight is 470 g/mol. The van der Waals surface area contributed by atoms with Gasteiger partial charge in [0.15, 0.2) is 10.7 Å². The molecule has 4 unspecified atom stereocenters. The monoisotopic (exact) mass is 470 g/mol. The Hall–Kier alpha value is 0.245. The minimum absolute atomic E-state index is 0.0401. The van der Waals surface area contributed by atoms with Crippen LogP contribution in [0, 0.1) is 0 Å². The Kier molecular flexibility index (Phi) is 9.07. The zero-order chi connectivity index (χ0) is 23.8. The molecule has 0 bridgehead atoms. The number of hydrogen-bond acceptors (Lipinski definition) is 8. The molecule has 1 fully saturated rings. The van der Waals surface area contributed by atoms with Gasteiger partial charge >= 0.3 is 7.60 Å². The molecule has 0 aliphatic carbocycles. The molecule has 12 heteroatoms. The van der Waals surface area contributed by atoms with Crippen LogP contribution in [0.15, 0.2) is 0 Å². The van der Waals surface area contributed by atoms with E-state index in [1.807, 2.05) is 0 Å². The van der Waals surface area contributed by atoms with Gasteiger partial charge in [0, 0.05) is 19.1 Å². The molecule has 0 amide bonds. The summed E-state index contributed by atoms with van der Waals surface area (Å²) in [6, 6.07) is -1.04. The zero-order valence-corrected chi connectivity index (χ0v) is 20.7. The summed E-state index contributed by atoms with van der Waals surface area (Å²) in [4.78, 5) is 10.4. The fourth-order valence-electron chi connectivity index (χ4n) is 3.13. The van der Waals surface area contributed by atoms with Gasteiger partial charge in [0.2, 0.25) is 7.37 Å². The van der Waals surface area contributed by atoms with Gasteiger partial charge in [0.25, 0.3) is 0 Å². The van der Waals surface area contributed by atoms with E-state index in [-0.39, 0.29) is 19.3 Å². The van der Waals surface area contributed by atoms with E-state index in [0.717, 1.165) is 0 Å². The highest BCUT2D eigenvalue weighted by Crippen LogP contribution is 2.68. The van der Waals surface area contributed by atoms with Crippen molar-refractivity contribution in [1.29, 1.82) is 0 Å². The van der Waals surface area contributed by atoms with E-state index >= 15 is 0 Å². The summed E-state index contributed by atoms with van der Waals surface area (Å²) in [5, 5.41) is 26.6. The number of hydrogen-bond donors (Lipinski definition) is 4. The first-order chi connectivity index (χ1) is 13.4. The van der Waals surface area contributed by atoms with Crippen molar-refractivity contribution in [2.24, 2.45) is 0 Å². The summed E-state index contributed by atoms with van der Waals surface area (Å²) in [5.41, 5.74) is -1.08. The quantitative estimate of drug-likeness (QED) is 0.265. The van der Waals surface area contributed by atoms with Gasteiger partial charge in [-0.05, 0) is 40.0 Å². The first-order valence-electron chi connectivity index (χ1n) is 10.2. The Balaban J connectivity index is 3.14. The van der Waals surface area contributed by atoms with E-state index in [2.05, 4.69) is 0 Å². The summed E-state index contributed by atoms with van der Waals surface area (Å²) >= 11 is 0. The summed E-state index contributed by atoms with van der Waals surface area (Å²) in [6.45, 7) is 10.6. The average Bonchev–Trinajstić information content (AvgIpc) is 2.86. The van der Waals surface area contributed by atoms with Crippen molar-refractivity contribution in [1.82, 2.24) is 0 Å². The highest BCUT2D eigenvalue weighted by atomic mass is 31.2. The molecule has 1 saturated heterocycles. The van der Waals surface area contributed by atoms with E-state index in [0.29, 0.717) is 6.42 Å². The summed E-state index contributed by atoms with van der Waals surface area (Å²) in [7, 11) is -2.67. The molecule has 4 N–H and O–H groups in total. The summed E-state index contributed by atoms with van der Waals surface area (Å²) in [5.74, 6) is 0. The second kappa shape index (κ2) is 9.62. The first kappa shape index (κ1) is 28.3. The maximum Gasteiger partial charge on any atom is 0.360 e. The molecule has 0 aromatic heterocycles.